The van der Waals surface area contributed by atoms with E-state index >= 15 is 0 Å². The molecule has 1 aliphatic carbocycles. The molecular formula is C16H25N. The largest absolute Gasteiger partial charge is 0.316 e. The third-order valence-corrected chi connectivity index (χ3v) is 4.11. The Morgan fingerprint density at radius 3 is 2.35 bits per heavy atom. The van der Waals surface area contributed by atoms with Crippen molar-refractivity contribution in [1.82, 2.24) is 5.32 Å². The third kappa shape index (κ3) is 3.32. The highest BCUT2D eigenvalue weighted by atomic mass is 14.9. The molecule has 1 heteroatoms. The molecule has 0 saturated heterocycles. The fourth-order valence-corrected chi connectivity index (χ4v) is 3.07. The highest BCUT2D eigenvalue weighted by Crippen LogP contribution is 2.40. The zero-order valence-electron chi connectivity index (χ0n) is 11.3. The third-order valence-electron chi connectivity index (χ3n) is 4.11. The first-order chi connectivity index (χ1) is 8.24. The minimum absolute atomic E-state index is 0.533. The molecule has 1 aliphatic rings. The lowest BCUT2D eigenvalue weighted by atomic mass is 9.80. The fourth-order valence-electron chi connectivity index (χ4n) is 3.07. The van der Waals surface area contributed by atoms with Crippen molar-refractivity contribution in [3.8, 4) is 0 Å². The van der Waals surface area contributed by atoms with E-state index in [0.29, 0.717) is 5.41 Å². The molecule has 0 unspecified atom stereocenters. The summed E-state index contributed by atoms with van der Waals surface area (Å²) in [6.07, 6.45) is 6.87. The molecule has 0 radical (unpaired) electrons. The summed E-state index contributed by atoms with van der Waals surface area (Å²) < 4.78 is 0. The number of hydrogen-bond donors (Lipinski definition) is 1. The van der Waals surface area contributed by atoms with Gasteiger partial charge in [0.1, 0.15) is 0 Å². The molecular weight excluding hydrogens is 206 g/mol. The smallest absolute Gasteiger partial charge is 0.00109 e. The zero-order chi connectivity index (χ0) is 12.1. The van der Waals surface area contributed by atoms with E-state index in [-0.39, 0.29) is 0 Å². The maximum Gasteiger partial charge on any atom is 0.00109 e. The predicted octanol–water partition coefficient (Wildman–Crippen LogP) is 3.71. The van der Waals surface area contributed by atoms with Gasteiger partial charge in [-0.05, 0) is 43.7 Å². The topological polar surface area (TPSA) is 12.0 Å². The fraction of sp³-hybridized carbons (Fsp3) is 0.625. The minimum atomic E-state index is 0.533. The maximum atomic E-state index is 3.56. The summed E-state index contributed by atoms with van der Waals surface area (Å²) in [7, 11) is 0. The van der Waals surface area contributed by atoms with Gasteiger partial charge in [0.15, 0.2) is 0 Å². The molecule has 0 heterocycles. The van der Waals surface area contributed by atoms with Gasteiger partial charge < -0.3 is 5.32 Å². The first-order valence-corrected chi connectivity index (χ1v) is 7.00. The van der Waals surface area contributed by atoms with E-state index in [1.807, 2.05) is 0 Å². The Kier molecular flexibility index (Phi) is 4.22. The van der Waals surface area contributed by atoms with Crippen LogP contribution in [0.5, 0.6) is 0 Å². The molecule has 0 aliphatic heterocycles. The lowest BCUT2D eigenvalue weighted by molar-refractivity contribution is 0.280. The second kappa shape index (κ2) is 5.68. The molecule has 0 atom stereocenters. The Morgan fingerprint density at radius 1 is 1.12 bits per heavy atom. The molecule has 1 aromatic carbocycles. The van der Waals surface area contributed by atoms with Gasteiger partial charge in [-0.1, -0.05) is 49.6 Å². The zero-order valence-corrected chi connectivity index (χ0v) is 11.3. The molecule has 1 saturated carbocycles. The average Bonchev–Trinajstić information content (AvgIpc) is 2.79. The summed E-state index contributed by atoms with van der Waals surface area (Å²) in [5, 5.41) is 3.56. The van der Waals surface area contributed by atoms with Crippen LogP contribution in [0.25, 0.3) is 0 Å². The summed E-state index contributed by atoms with van der Waals surface area (Å²) in [4.78, 5) is 0. The standard InChI is InChI=1S/C16H25N/c1-3-17-13-16(10-4-5-11-16)12-15-8-6-14(2)7-9-15/h6-9,17H,3-5,10-13H2,1-2H3. The van der Waals surface area contributed by atoms with E-state index in [2.05, 4.69) is 43.4 Å². The number of aryl methyl sites for hydroxylation is 1. The van der Waals surface area contributed by atoms with Crippen LogP contribution >= 0.6 is 0 Å². The number of hydrogen-bond acceptors (Lipinski definition) is 1. The van der Waals surface area contributed by atoms with E-state index in [9.17, 15) is 0 Å². The van der Waals surface area contributed by atoms with E-state index < -0.39 is 0 Å². The number of rotatable bonds is 5. The first kappa shape index (κ1) is 12.6. The van der Waals surface area contributed by atoms with Gasteiger partial charge in [0.2, 0.25) is 0 Å². The molecule has 1 fully saturated rings. The molecule has 2 rings (SSSR count). The quantitative estimate of drug-likeness (QED) is 0.814. The van der Waals surface area contributed by atoms with E-state index in [1.165, 1.54) is 49.8 Å². The molecule has 94 valence electrons. The van der Waals surface area contributed by atoms with Gasteiger partial charge in [-0.15, -0.1) is 0 Å². The molecule has 1 nitrogen and oxygen atoms in total. The van der Waals surface area contributed by atoms with Crippen molar-refractivity contribution in [3.63, 3.8) is 0 Å². The molecule has 17 heavy (non-hydrogen) atoms. The normalized spacial score (nSPS) is 18.5. The SMILES string of the molecule is CCNCC1(Cc2ccc(C)cc2)CCCC1. The maximum absolute atomic E-state index is 3.56. The molecule has 0 bridgehead atoms. The van der Waals surface area contributed by atoms with Crippen LogP contribution in [0.15, 0.2) is 24.3 Å². The summed E-state index contributed by atoms with van der Waals surface area (Å²) in [6.45, 7) is 6.65. The van der Waals surface area contributed by atoms with E-state index in [0.717, 1.165) is 6.54 Å². The van der Waals surface area contributed by atoms with Crippen molar-refractivity contribution in [2.45, 2.75) is 46.0 Å². The predicted molar refractivity (Wildman–Crippen MR) is 74.3 cm³/mol. The summed E-state index contributed by atoms with van der Waals surface area (Å²) in [6, 6.07) is 9.10. The van der Waals surface area contributed by atoms with Crippen LogP contribution in [0, 0.1) is 12.3 Å². The summed E-state index contributed by atoms with van der Waals surface area (Å²) >= 11 is 0. The monoisotopic (exact) mass is 231 g/mol. The summed E-state index contributed by atoms with van der Waals surface area (Å²) in [5.41, 5.74) is 3.40. The Balaban J connectivity index is 2.04. The van der Waals surface area contributed by atoms with Crippen molar-refractivity contribution in [2.24, 2.45) is 5.41 Å². The van der Waals surface area contributed by atoms with Gasteiger partial charge in [-0.3, -0.25) is 0 Å². The molecule has 1 N–H and O–H groups in total. The minimum Gasteiger partial charge on any atom is -0.316 e. The van der Waals surface area contributed by atoms with Crippen molar-refractivity contribution in [2.75, 3.05) is 13.1 Å². The van der Waals surface area contributed by atoms with Crippen molar-refractivity contribution >= 4 is 0 Å². The van der Waals surface area contributed by atoms with Gasteiger partial charge in [0, 0.05) is 6.54 Å². The molecule has 0 amide bonds. The molecule has 0 aromatic heterocycles. The molecule has 1 aromatic rings. The van der Waals surface area contributed by atoms with Crippen molar-refractivity contribution < 1.29 is 0 Å². The Bertz CT molecular complexity index is 333. The van der Waals surface area contributed by atoms with E-state index in [4.69, 9.17) is 0 Å². The Hall–Kier alpha value is -0.820. The lowest BCUT2D eigenvalue weighted by Gasteiger charge is -2.29. The van der Waals surface area contributed by atoms with Crippen LogP contribution in [0.3, 0.4) is 0 Å². The van der Waals surface area contributed by atoms with Crippen LogP contribution in [0.4, 0.5) is 0 Å². The first-order valence-electron chi connectivity index (χ1n) is 7.00. The Labute approximate surface area is 106 Å². The van der Waals surface area contributed by atoms with Crippen molar-refractivity contribution in [1.29, 1.82) is 0 Å². The second-order valence-electron chi connectivity index (χ2n) is 5.65. The van der Waals surface area contributed by atoms with Gasteiger partial charge in [0.25, 0.3) is 0 Å². The lowest BCUT2D eigenvalue weighted by Crippen LogP contribution is -2.33. The van der Waals surface area contributed by atoms with E-state index in [1.54, 1.807) is 0 Å². The van der Waals surface area contributed by atoms with Gasteiger partial charge in [0.05, 0.1) is 0 Å². The second-order valence-corrected chi connectivity index (χ2v) is 5.65. The van der Waals surface area contributed by atoms with Gasteiger partial charge >= 0.3 is 0 Å². The van der Waals surface area contributed by atoms with Crippen LogP contribution < -0.4 is 5.32 Å². The molecule has 0 spiro atoms. The Morgan fingerprint density at radius 2 is 1.76 bits per heavy atom. The highest BCUT2D eigenvalue weighted by molar-refractivity contribution is 5.22. The van der Waals surface area contributed by atoms with Gasteiger partial charge in [-0.25, -0.2) is 0 Å². The van der Waals surface area contributed by atoms with Crippen LogP contribution in [-0.4, -0.2) is 13.1 Å². The number of nitrogens with one attached hydrogen (secondary N) is 1. The van der Waals surface area contributed by atoms with Crippen LogP contribution in [-0.2, 0) is 6.42 Å². The highest BCUT2D eigenvalue weighted by Gasteiger charge is 2.33. The average molecular weight is 231 g/mol. The van der Waals surface area contributed by atoms with Gasteiger partial charge in [-0.2, -0.15) is 0 Å². The number of benzene rings is 1. The van der Waals surface area contributed by atoms with Crippen molar-refractivity contribution in [3.05, 3.63) is 35.4 Å². The van der Waals surface area contributed by atoms with Crippen LogP contribution in [0.2, 0.25) is 0 Å². The van der Waals surface area contributed by atoms with Crippen LogP contribution in [0.1, 0.15) is 43.7 Å². The summed E-state index contributed by atoms with van der Waals surface area (Å²) in [5.74, 6) is 0.